The molecule has 1 aromatic carbocycles. The van der Waals surface area contributed by atoms with Crippen LogP contribution < -0.4 is 11.1 Å². The summed E-state index contributed by atoms with van der Waals surface area (Å²) in [5, 5.41) is 3.39. The minimum Gasteiger partial charge on any atom is -0.366 e. The van der Waals surface area contributed by atoms with E-state index >= 15 is 0 Å². The van der Waals surface area contributed by atoms with Gasteiger partial charge < -0.3 is 16.0 Å². The summed E-state index contributed by atoms with van der Waals surface area (Å²) >= 11 is 0. The molecule has 120 valence electrons. The van der Waals surface area contributed by atoms with Gasteiger partial charge in [0.25, 0.3) is 0 Å². The van der Waals surface area contributed by atoms with Crippen LogP contribution in [-0.4, -0.2) is 35.9 Å². The first-order valence-electron chi connectivity index (χ1n) is 7.56. The van der Waals surface area contributed by atoms with E-state index in [1.54, 1.807) is 19.2 Å². The minimum atomic E-state index is -0.403. The van der Waals surface area contributed by atoms with E-state index in [9.17, 15) is 4.79 Å². The average molecular weight is 302 g/mol. The maximum atomic E-state index is 11.1. The van der Waals surface area contributed by atoms with Crippen molar-refractivity contribution in [1.82, 2.24) is 10.2 Å². The molecule has 0 aromatic heterocycles. The van der Waals surface area contributed by atoms with Crippen LogP contribution in [0.4, 0.5) is 0 Å². The van der Waals surface area contributed by atoms with E-state index < -0.39 is 5.91 Å². The zero-order valence-corrected chi connectivity index (χ0v) is 14.1. The molecule has 2 rings (SSSR count). The fourth-order valence-corrected chi connectivity index (χ4v) is 2.66. The van der Waals surface area contributed by atoms with Crippen molar-refractivity contribution in [2.24, 2.45) is 16.1 Å². The fourth-order valence-electron chi connectivity index (χ4n) is 2.66. The smallest absolute Gasteiger partial charge is 0.248 e. The molecule has 0 atom stereocenters. The third-order valence-electron chi connectivity index (χ3n) is 5.04. The highest BCUT2D eigenvalue weighted by Gasteiger charge is 2.53. The van der Waals surface area contributed by atoms with E-state index in [4.69, 9.17) is 5.73 Å². The second-order valence-corrected chi connectivity index (χ2v) is 6.99. The highest BCUT2D eigenvalue weighted by molar-refractivity contribution is 5.92. The van der Waals surface area contributed by atoms with Gasteiger partial charge in [0, 0.05) is 36.7 Å². The molecule has 5 heteroatoms. The number of benzene rings is 1. The van der Waals surface area contributed by atoms with Gasteiger partial charge in [-0.1, -0.05) is 26.0 Å². The Labute approximate surface area is 132 Å². The van der Waals surface area contributed by atoms with Gasteiger partial charge in [0.2, 0.25) is 5.91 Å². The molecule has 5 nitrogen and oxygen atoms in total. The number of primary amides is 1. The predicted octanol–water partition coefficient (Wildman–Crippen LogP) is 1.98. The highest BCUT2D eigenvalue weighted by atomic mass is 16.1. The molecule has 3 N–H and O–H groups in total. The van der Waals surface area contributed by atoms with Gasteiger partial charge >= 0.3 is 0 Å². The topological polar surface area (TPSA) is 70.7 Å². The number of aliphatic imine (C=N–C) groups is 1. The lowest BCUT2D eigenvalue weighted by atomic mass is 9.65. The molecule has 0 radical (unpaired) electrons. The predicted molar refractivity (Wildman–Crippen MR) is 89.7 cm³/mol. The number of amides is 1. The number of carbonyl (C=O) groups is 1. The Morgan fingerprint density at radius 2 is 1.86 bits per heavy atom. The fraction of sp³-hybridized carbons (Fsp3) is 0.529. The summed E-state index contributed by atoms with van der Waals surface area (Å²) in [6.07, 6.45) is 0. The molecule has 22 heavy (non-hydrogen) atoms. The number of rotatable bonds is 3. The van der Waals surface area contributed by atoms with Crippen LogP contribution in [0.15, 0.2) is 29.3 Å². The number of nitrogens with zero attached hydrogens (tertiary/aromatic N) is 2. The van der Waals surface area contributed by atoms with Crippen LogP contribution in [0.1, 0.15) is 43.6 Å². The van der Waals surface area contributed by atoms with E-state index in [0.717, 1.165) is 18.1 Å². The highest BCUT2D eigenvalue weighted by Crippen LogP contribution is 2.46. The Balaban J connectivity index is 2.00. The molecule has 1 aromatic rings. The van der Waals surface area contributed by atoms with Crippen LogP contribution in [0.3, 0.4) is 0 Å². The van der Waals surface area contributed by atoms with Crippen LogP contribution >= 0.6 is 0 Å². The molecule has 1 heterocycles. The Morgan fingerprint density at radius 3 is 2.27 bits per heavy atom. The van der Waals surface area contributed by atoms with Crippen molar-refractivity contribution in [2.75, 3.05) is 13.6 Å². The maximum absolute atomic E-state index is 11.1. The Morgan fingerprint density at radius 1 is 1.27 bits per heavy atom. The van der Waals surface area contributed by atoms with E-state index in [-0.39, 0.29) is 11.0 Å². The largest absolute Gasteiger partial charge is 0.366 e. The second kappa shape index (κ2) is 5.63. The third kappa shape index (κ3) is 2.80. The molecule has 1 amide bonds. The molecule has 0 saturated carbocycles. The SMILES string of the molecule is CN=C(NCc1ccc(C(N)=O)cc1)N1CC(C)(C)C1(C)C. The number of nitrogens with one attached hydrogen (secondary N) is 1. The molecule has 0 bridgehead atoms. The van der Waals surface area contributed by atoms with E-state index in [1.807, 2.05) is 12.1 Å². The van der Waals surface area contributed by atoms with Crippen LogP contribution in [0.25, 0.3) is 0 Å². The molecule has 0 aliphatic carbocycles. The minimum absolute atomic E-state index is 0.0741. The molecule has 1 aliphatic heterocycles. The number of carbonyl (C=O) groups excluding carboxylic acids is 1. The molecule has 1 saturated heterocycles. The Hall–Kier alpha value is -2.04. The van der Waals surface area contributed by atoms with Crippen molar-refractivity contribution in [2.45, 2.75) is 39.8 Å². The normalized spacial score (nSPS) is 19.5. The van der Waals surface area contributed by atoms with Gasteiger partial charge in [-0.15, -0.1) is 0 Å². The summed E-state index contributed by atoms with van der Waals surface area (Å²) in [4.78, 5) is 17.8. The van der Waals surface area contributed by atoms with Gasteiger partial charge in [0.1, 0.15) is 0 Å². The molecule has 0 spiro atoms. The van der Waals surface area contributed by atoms with Crippen molar-refractivity contribution in [3.63, 3.8) is 0 Å². The van der Waals surface area contributed by atoms with Crippen molar-refractivity contribution < 1.29 is 4.79 Å². The summed E-state index contributed by atoms with van der Waals surface area (Å²) in [5.41, 5.74) is 7.21. The lowest BCUT2D eigenvalue weighted by Crippen LogP contribution is -2.72. The van der Waals surface area contributed by atoms with Crippen LogP contribution in [-0.2, 0) is 6.54 Å². The van der Waals surface area contributed by atoms with E-state index in [0.29, 0.717) is 12.1 Å². The van der Waals surface area contributed by atoms with Gasteiger partial charge in [-0.3, -0.25) is 9.79 Å². The summed E-state index contributed by atoms with van der Waals surface area (Å²) in [6.45, 7) is 10.7. The van der Waals surface area contributed by atoms with Crippen molar-refractivity contribution in [1.29, 1.82) is 0 Å². The van der Waals surface area contributed by atoms with E-state index in [1.165, 1.54) is 0 Å². The first-order chi connectivity index (χ1) is 10.2. The molecular weight excluding hydrogens is 276 g/mol. The average Bonchev–Trinajstić information content (AvgIpc) is 2.47. The molecule has 1 fully saturated rings. The van der Waals surface area contributed by atoms with Crippen LogP contribution in [0.5, 0.6) is 0 Å². The van der Waals surface area contributed by atoms with Gasteiger partial charge in [0.15, 0.2) is 5.96 Å². The van der Waals surface area contributed by atoms with Gasteiger partial charge in [-0.25, -0.2) is 0 Å². The quantitative estimate of drug-likeness (QED) is 0.662. The van der Waals surface area contributed by atoms with Crippen LogP contribution in [0.2, 0.25) is 0 Å². The molecular formula is C17H26N4O. The van der Waals surface area contributed by atoms with Gasteiger partial charge in [-0.2, -0.15) is 0 Å². The monoisotopic (exact) mass is 302 g/mol. The first kappa shape index (κ1) is 16.3. The second-order valence-electron chi connectivity index (χ2n) is 6.99. The molecule has 0 unspecified atom stereocenters. The number of likely N-dealkylation sites (tertiary alicyclic amines) is 1. The van der Waals surface area contributed by atoms with E-state index in [2.05, 4.69) is 42.9 Å². The Bertz CT molecular complexity index is 587. The van der Waals surface area contributed by atoms with Crippen molar-refractivity contribution in [3.05, 3.63) is 35.4 Å². The first-order valence-corrected chi connectivity index (χ1v) is 7.56. The zero-order chi connectivity index (χ0) is 16.5. The lowest BCUT2D eigenvalue weighted by molar-refractivity contribution is -0.0667. The summed E-state index contributed by atoms with van der Waals surface area (Å²) in [6, 6.07) is 7.31. The third-order valence-corrected chi connectivity index (χ3v) is 5.04. The van der Waals surface area contributed by atoms with Crippen molar-refractivity contribution in [3.8, 4) is 0 Å². The summed E-state index contributed by atoms with van der Waals surface area (Å²) < 4.78 is 0. The number of hydrogen-bond donors (Lipinski definition) is 2. The number of guanidine groups is 1. The number of nitrogens with two attached hydrogens (primary N) is 1. The molecule has 1 aliphatic rings. The zero-order valence-electron chi connectivity index (χ0n) is 14.1. The standard InChI is InChI=1S/C17H26N4O/c1-16(2)11-21(17(16,3)4)15(19-5)20-10-12-6-8-13(9-7-12)14(18)22/h6-9H,10-11H2,1-5H3,(H2,18,22)(H,19,20). The van der Waals surface area contributed by atoms with Gasteiger partial charge in [-0.05, 0) is 31.5 Å². The maximum Gasteiger partial charge on any atom is 0.248 e. The summed E-state index contributed by atoms with van der Waals surface area (Å²) in [7, 11) is 1.81. The van der Waals surface area contributed by atoms with Crippen LogP contribution in [0, 0.1) is 5.41 Å². The number of hydrogen-bond acceptors (Lipinski definition) is 2. The lowest BCUT2D eigenvalue weighted by Gasteiger charge is -2.62. The van der Waals surface area contributed by atoms with Crippen molar-refractivity contribution >= 4 is 11.9 Å². The van der Waals surface area contributed by atoms with Gasteiger partial charge in [0.05, 0.1) is 0 Å². The summed E-state index contributed by atoms with van der Waals surface area (Å²) in [5.74, 6) is 0.503. The Kier molecular flexibility index (Phi) is 4.18.